The lowest BCUT2D eigenvalue weighted by molar-refractivity contribution is -0.895. The summed E-state index contributed by atoms with van der Waals surface area (Å²) in [5.41, 5.74) is 3.39. The molecule has 0 aliphatic carbocycles. The van der Waals surface area contributed by atoms with Crippen LogP contribution in [-0.2, 0) is 4.79 Å². The number of carbonyl (C=O) groups is 2. The van der Waals surface area contributed by atoms with Gasteiger partial charge < -0.3 is 15.1 Å². The molecule has 2 amide bonds. The fourth-order valence-electron chi connectivity index (χ4n) is 3.20. The molecule has 7 heteroatoms. The van der Waals surface area contributed by atoms with Gasteiger partial charge in [0.05, 0.1) is 32.4 Å². The molecule has 0 atom stereocenters. The molecule has 0 bridgehead atoms. The van der Waals surface area contributed by atoms with Gasteiger partial charge in [0.2, 0.25) is 0 Å². The Morgan fingerprint density at radius 3 is 2.46 bits per heavy atom. The van der Waals surface area contributed by atoms with E-state index in [2.05, 4.69) is 15.3 Å². The van der Waals surface area contributed by atoms with Crippen LogP contribution in [0.2, 0.25) is 0 Å². The number of nitrogens with zero attached hydrogens (tertiary/aromatic N) is 3. The molecule has 2 aromatic rings. The summed E-state index contributed by atoms with van der Waals surface area (Å²) in [5, 5.41) is 3.03. The van der Waals surface area contributed by atoms with E-state index in [1.165, 1.54) is 17.3 Å². The van der Waals surface area contributed by atoms with Crippen molar-refractivity contribution in [1.82, 2.24) is 14.9 Å². The molecule has 1 aromatic heterocycles. The van der Waals surface area contributed by atoms with Gasteiger partial charge in [0, 0.05) is 18.1 Å². The number of nitrogens with one attached hydrogen (secondary N) is 2. The molecule has 1 aromatic carbocycles. The van der Waals surface area contributed by atoms with Crippen LogP contribution in [-0.4, -0.2) is 59.4 Å². The Morgan fingerprint density at radius 2 is 1.85 bits per heavy atom. The molecule has 26 heavy (non-hydrogen) atoms. The number of aromatic nitrogens is 2. The molecule has 0 saturated carbocycles. The molecule has 2 heterocycles. The third kappa shape index (κ3) is 4.23. The lowest BCUT2D eigenvalue weighted by Crippen LogP contribution is -3.15. The van der Waals surface area contributed by atoms with E-state index in [4.69, 9.17) is 0 Å². The maximum atomic E-state index is 12.4. The lowest BCUT2D eigenvalue weighted by atomic mass is 10.1. The molecular formula is C19H24N5O2+. The normalized spacial score (nSPS) is 14.9. The van der Waals surface area contributed by atoms with Gasteiger partial charge >= 0.3 is 0 Å². The summed E-state index contributed by atoms with van der Waals surface area (Å²) in [5.74, 6) is -0.0942. The number of amides is 2. The molecule has 7 nitrogen and oxygen atoms in total. The predicted molar refractivity (Wildman–Crippen MR) is 98.0 cm³/mol. The van der Waals surface area contributed by atoms with E-state index in [0.717, 1.165) is 29.9 Å². The summed E-state index contributed by atoms with van der Waals surface area (Å²) in [4.78, 5) is 35.7. The molecular weight excluding hydrogens is 330 g/mol. The van der Waals surface area contributed by atoms with Gasteiger partial charge in [-0.2, -0.15) is 0 Å². The van der Waals surface area contributed by atoms with Crippen LogP contribution in [0.4, 0.5) is 5.69 Å². The average Bonchev–Trinajstić information content (AvgIpc) is 2.66. The molecule has 1 aliphatic rings. The third-order valence-electron chi connectivity index (χ3n) is 4.70. The van der Waals surface area contributed by atoms with E-state index in [9.17, 15) is 9.59 Å². The van der Waals surface area contributed by atoms with Crippen molar-refractivity contribution in [2.75, 3.05) is 38.0 Å². The highest BCUT2D eigenvalue weighted by atomic mass is 16.2. The first kappa shape index (κ1) is 18.0. The number of rotatable bonds is 4. The summed E-state index contributed by atoms with van der Waals surface area (Å²) < 4.78 is 0. The maximum Gasteiger partial charge on any atom is 0.279 e. The van der Waals surface area contributed by atoms with E-state index in [1.54, 1.807) is 11.1 Å². The van der Waals surface area contributed by atoms with Crippen LogP contribution in [0.25, 0.3) is 0 Å². The van der Waals surface area contributed by atoms with E-state index in [1.807, 2.05) is 32.0 Å². The fraction of sp³-hybridized carbons (Fsp3) is 0.368. The molecule has 136 valence electrons. The van der Waals surface area contributed by atoms with Crippen LogP contribution in [0.5, 0.6) is 0 Å². The van der Waals surface area contributed by atoms with Gasteiger partial charge in [-0.3, -0.25) is 14.6 Å². The van der Waals surface area contributed by atoms with E-state index in [0.29, 0.717) is 25.3 Å². The van der Waals surface area contributed by atoms with Crippen molar-refractivity contribution in [2.24, 2.45) is 0 Å². The highest BCUT2D eigenvalue weighted by Gasteiger charge is 2.26. The second-order valence-electron chi connectivity index (χ2n) is 6.62. The van der Waals surface area contributed by atoms with Crippen molar-refractivity contribution >= 4 is 17.5 Å². The van der Waals surface area contributed by atoms with Crippen LogP contribution in [0, 0.1) is 13.8 Å². The number of benzene rings is 1. The van der Waals surface area contributed by atoms with Crippen molar-refractivity contribution in [1.29, 1.82) is 0 Å². The molecule has 1 fully saturated rings. The largest absolute Gasteiger partial charge is 0.326 e. The summed E-state index contributed by atoms with van der Waals surface area (Å²) in [7, 11) is 0. The van der Waals surface area contributed by atoms with Crippen molar-refractivity contribution in [3.8, 4) is 0 Å². The fourth-order valence-corrected chi connectivity index (χ4v) is 3.20. The van der Waals surface area contributed by atoms with Crippen LogP contribution >= 0.6 is 0 Å². The standard InChI is InChI=1S/C19H23N5O2/c1-14-4-3-5-15(2)18(14)22-17(25)13-23-8-10-24(11-9-23)19(26)16-12-20-6-7-21-16/h3-7,12H,8-11,13H2,1-2H3,(H,22,25)/p+1. The first-order chi connectivity index (χ1) is 12.5. The zero-order chi connectivity index (χ0) is 18.5. The van der Waals surface area contributed by atoms with E-state index >= 15 is 0 Å². The summed E-state index contributed by atoms with van der Waals surface area (Å²) in [6, 6.07) is 5.97. The highest BCUT2D eigenvalue weighted by molar-refractivity contribution is 5.93. The SMILES string of the molecule is Cc1cccc(C)c1NC(=O)C[NH+]1CCN(C(=O)c2cnccn2)CC1. The third-order valence-corrected chi connectivity index (χ3v) is 4.70. The minimum atomic E-state index is -0.0999. The Hall–Kier alpha value is -2.80. The van der Waals surface area contributed by atoms with Crippen LogP contribution < -0.4 is 10.2 Å². The summed E-state index contributed by atoms with van der Waals surface area (Å²) in [6.07, 6.45) is 4.56. The number of hydrogen-bond acceptors (Lipinski definition) is 4. The molecule has 0 unspecified atom stereocenters. The van der Waals surface area contributed by atoms with Gasteiger partial charge in [-0.25, -0.2) is 4.98 Å². The van der Waals surface area contributed by atoms with Gasteiger partial charge in [0.1, 0.15) is 5.69 Å². The van der Waals surface area contributed by atoms with Crippen LogP contribution in [0.1, 0.15) is 21.6 Å². The van der Waals surface area contributed by atoms with Crippen molar-refractivity contribution in [3.05, 3.63) is 53.6 Å². The second-order valence-corrected chi connectivity index (χ2v) is 6.62. The van der Waals surface area contributed by atoms with Gasteiger partial charge in [-0.1, -0.05) is 18.2 Å². The van der Waals surface area contributed by atoms with Crippen molar-refractivity contribution < 1.29 is 14.5 Å². The Labute approximate surface area is 153 Å². The molecule has 0 radical (unpaired) electrons. The first-order valence-electron chi connectivity index (χ1n) is 8.79. The Bertz CT molecular complexity index is 766. The molecule has 1 saturated heterocycles. The van der Waals surface area contributed by atoms with E-state index < -0.39 is 0 Å². The van der Waals surface area contributed by atoms with E-state index in [-0.39, 0.29) is 11.8 Å². The summed E-state index contributed by atoms with van der Waals surface area (Å²) in [6.45, 7) is 7.10. The topological polar surface area (TPSA) is 79.6 Å². The highest BCUT2D eigenvalue weighted by Crippen LogP contribution is 2.18. The lowest BCUT2D eigenvalue weighted by Gasteiger charge is -2.31. The Morgan fingerprint density at radius 1 is 1.15 bits per heavy atom. The molecule has 0 spiro atoms. The zero-order valence-corrected chi connectivity index (χ0v) is 15.2. The quantitative estimate of drug-likeness (QED) is 0.815. The number of para-hydroxylation sites is 1. The predicted octanol–water partition coefficient (Wildman–Crippen LogP) is 0.0728. The molecule has 3 rings (SSSR count). The minimum absolute atomic E-state index is 0.00565. The monoisotopic (exact) mass is 354 g/mol. The Balaban J connectivity index is 1.51. The Kier molecular flexibility index (Phi) is 5.58. The van der Waals surface area contributed by atoms with Crippen LogP contribution in [0.15, 0.2) is 36.8 Å². The molecule has 1 aliphatic heterocycles. The van der Waals surface area contributed by atoms with Gasteiger partial charge in [0.15, 0.2) is 6.54 Å². The minimum Gasteiger partial charge on any atom is -0.326 e. The van der Waals surface area contributed by atoms with Gasteiger partial charge in [0.25, 0.3) is 11.8 Å². The summed E-state index contributed by atoms with van der Waals surface area (Å²) >= 11 is 0. The smallest absolute Gasteiger partial charge is 0.279 e. The number of carbonyl (C=O) groups excluding carboxylic acids is 2. The second kappa shape index (κ2) is 8.05. The average molecular weight is 354 g/mol. The zero-order valence-electron chi connectivity index (χ0n) is 15.2. The van der Waals surface area contributed by atoms with Crippen molar-refractivity contribution in [2.45, 2.75) is 13.8 Å². The number of aryl methyl sites for hydroxylation is 2. The number of hydrogen-bond donors (Lipinski definition) is 2. The van der Waals surface area contributed by atoms with Gasteiger partial charge in [-0.15, -0.1) is 0 Å². The maximum absolute atomic E-state index is 12.4. The van der Waals surface area contributed by atoms with Crippen molar-refractivity contribution in [3.63, 3.8) is 0 Å². The molecule has 2 N–H and O–H groups in total. The van der Waals surface area contributed by atoms with Gasteiger partial charge in [-0.05, 0) is 25.0 Å². The number of quaternary nitrogens is 1. The first-order valence-corrected chi connectivity index (χ1v) is 8.79. The number of anilines is 1. The van der Waals surface area contributed by atoms with Crippen LogP contribution in [0.3, 0.4) is 0 Å². The number of piperazine rings is 1.